The van der Waals surface area contributed by atoms with Crippen molar-refractivity contribution < 1.29 is 24.6 Å². The molecule has 1 aromatic carbocycles. The molecule has 0 radical (unpaired) electrons. The van der Waals surface area contributed by atoms with Crippen LogP contribution in [0.4, 0.5) is 0 Å². The number of benzene rings is 1. The van der Waals surface area contributed by atoms with E-state index in [4.69, 9.17) is 9.90 Å². The zero-order chi connectivity index (χ0) is 17.5. The normalized spacial score (nSPS) is 16.0. The van der Waals surface area contributed by atoms with Crippen molar-refractivity contribution in [3.05, 3.63) is 42.2 Å². The number of imidazole rings is 1. The molecule has 3 N–H and O–H groups in total. The van der Waals surface area contributed by atoms with Gasteiger partial charge in [0, 0.05) is 37.0 Å². The molecule has 1 atom stereocenters. The number of carbonyl (C=O) groups is 3. The lowest BCUT2D eigenvalue weighted by atomic mass is 10.1. The van der Waals surface area contributed by atoms with Crippen LogP contribution in [0, 0.1) is 0 Å². The average Bonchev–Trinajstić information content (AvgIpc) is 3.17. The summed E-state index contributed by atoms with van der Waals surface area (Å²) in [6.07, 6.45) is 4.78. The van der Waals surface area contributed by atoms with Gasteiger partial charge in [0.25, 0.3) is 6.47 Å². The lowest BCUT2D eigenvalue weighted by molar-refractivity contribution is -0.123. The molecular weight excluding hydrogens is 314 g/mol. The van der Waals surface area contributed by atoms with E-state index in [0.29, 0.717) is 24.4 Å². The number of nitrogens with one attached hydrogen (secondary N) is 1. The van der Waals surface area contributed by atoms with Crippen molar-refractivity contribution in [3.63, 3.8) is 0 Å². The Morgan fingerprint density at radius 3 is 2.75 bits per heavy atom. The van der Waals surface area contributed by atoms with Gasteiger partial charge < -0.3 is 20.1 Å². The molecule has 126 valence electrons. The average molecular weight is 331 g/mol. The molecule has 0 bridgehead atoms. The molecule has 1 unspecified atom stereocenters. The van der Waals surface area contributed by atoms with Crippen LogP contribution in [-0.4, -0.2) is 44.2 Å². The SMILES string of the molecule is O=C1CCC(Cn2ccnc2-c2ccccc2C(=O)O)N1.O=CO. The standard InChI is InChI=1S/C15H15N3O3.CH2O2/c19-13-6-5-10(17-13)9-18-8-7-16-14(18)11-3-1-2-4-12(11)15(20)21;2-1-3/h1-4,7-8,10H,5-6,9H2,(H,17,19)(H,20,21);1H,(H,2,3). The number of aromatic carboxylic acids is 1. The van der Waals surface area contributed by atoms with Gasteiger partial charge >= 0.3 is 5.97 Å². The Kier molecular flexibility index (Phi) is 5.67. The van der Waals surface area contributed by atoms with Crippen LogP contribution < -0.4 is 5.32 Å². The monoisotopic (exact) mass is 331 g/mol. The molecule has 2 heterocycles. The van der Waals surface area contributed by atoms with Gasteiger partial charge in [0.1, 0.15) is 5.82 Å². The molecular formula is C16H17N3O5. The van der Waals surface area contributed by atoms with Gasteiger partial charge in [0.05, 0.1) is 5.56 Å². The number of carbonyl (C=O) groups excluding carboxylic acids is 1. The Morgan fingerprint density at radius 2 is 2.12 bits per heavy atom. The molecule has 1 aliphatic heterocycles. The smallest absolute Gasteiger partial charge is 0.336 e. The molecule has 1 aromatic heterocycles. The summed E-state index contributed by atoms with van der Waals surface area (Å²) in [5.41, 5.74) is 0.805. The van der Waals surface area contributed by atoms with E-state index >= 15 is 0 Å². The Hall–Kier alpha value is -3.16. The van der Waals surface area contributed by atoms with Crippen molar-refractivity contribution in [3.8, 4) is 11.4 Å². The van der Waals surface area contributed by atoms with E-state index in [1.165, 1.54) is 0 Å². The summed E-state index contributed by atoms with van der Waals surface area (Å²) in [5, 5.41) is 19.1. The first-order chi connectivity index (χ1) is 11.6. The van der Waals surface area contributed by atoms with Crippen LogP contribution >= 0.6 is 0 Å². The van der Waals surface area contributed by atoms with Gasteiger partial charge in [-0.05, 0) is 12.5 Å². The fourth-order valence-electron chi connectivity index (χ4n) is 2.62. The molecule has 1 saturated heterocycles. The number of carboxylic acid groups (broad SMARTS) is 2. The second-order valence-corrected chi connectivity index (χ2v) is 5.16. The first kappa shape index (κ1) is 17.2. The van der Waals surface area contributed by atoms with Crippen LogP contribution in [0.25, 0.3) is 11.4 Å². The van der Waals surface area contributed by atoms with E-state index in [2.05, 4.69) is 10.3 Å². The predicted octanol–water partition coefficient (Wildman–Crippen LogP) is 1.23. The summed E-state index contributed by atoms with van der Waals surface area (Å²) in [6, 6.07) is 6.86. The van der Waals surface area contributed by atoms with Crippen molar-refractivity contribution in [1.29, 1.82) is 0 Å². The van der Waals surface area contributed by atoms with Crippen LogP contribution in [-0.2, 0) is 16.1 Å². The maximum atomic E-state index is 11.3. The molecule has 1 fully saturated rings. The second kappa shape index (κ2) is 7.91. The van der Waals surface area contributed by atoms with Crippen LogP contribution in [0.1, 0.15) is 23.2 Å². The third-order valence-corrected chi connectivity index (χ3v) is 3.62. The Balaban J connectivity index is 0.000000647. The van der Waals surface area contributed by atoms with Crippen molar-refractivity contribution in [1.82, 2.24) is 14.9 Å². The molecule has 1 aliphatic rings. The zero-order valence-electron chi connectivity index (χ0n) is 12.8. The summed E-state index contributed by atoms with van der Waals surface area (Å²) < 4.78 is 1.89. The number of rotatable bonds is 4. The maximum absolute atomic E-state index is 11.3. The van der Waals surface area contributed by atoms with E-state index in [-0.39, 0.29) is 24.0 Å². The highest BCUT2D eigenvalue weighted by Gasteiger charge is 2.22. The van der Waals surface area contributed by atoms with Crippen LogP contribution in [0.5, 0.6) is 0 Å². The molecule has 24 heavy (non-hydrogen) atoms. The largest absolute Gasteiger partial charge is 0.483 e. The van der Waals surface area contributed by atoms with Gasteiger partial charge in [-0.3, -0.25) is 9.59 Å². The first-order valence-corrected chi connectivity index (χ1v) is 7.28. The van der Waals surface area contributed by atoms with Gasteiger partial charge in [-0.25, -0.2) is 9.78 Å². The van der Waals surface area contributed by atoms with Crippen LogP contribution in [0.3, 0.4) is 0 Å². The zero-order valence-corrected chi connectivity index (χ0v) is 12.8. The molecule has 8 nitrogen and oxygen atoms in total. The van der Waals surface area contributed by atoms with Crippen molar-refractivity contribution in [2.24, 2.45) is 0 Å². The lowest BCUT2D eigenvalue weighted by Crippen LogP contribution is -2.29. The molecule has 8 heteroatoms. The third-order valence-electron chi connectivity index (χ3n) is 3.62. The topological polar surface area (TPSA) is 122 Å². The number of aromatic nitrogens is 2. The van der Waals surface area contributed by atoms with Crippen LogP contribution in [0.2, 0.25) is 0 Å². The van der Waals surface area contributed by atoms with Gasteiger partial charge in [0.2, 0.25) is 5.91 Å². The summed E-state index contributed by atoms with van der Waals surface area (Å²) in [4.78, 5) is 35.2. The third kappa shape index (κ3) is 3.97. The van der Waals surface area contributed by atoms with E-state index < -0.39 is 5.97 Å². The molecule has 3 rings (SSSR count). The highest BCUT2D eigenvalue weighted by molar-refractivity contribution is 5.95. The number of nitrogens with zero attached hydrogens (tertiary/aromatic N) is 2. The Bertz CT molecular complexity index is 741. The Labute approximate surface area is 137 Å². The summed E-state index contributed by atoms with van der Waals surface area (Å²) in [7, 11) is 0. The van der Waals surface area contributed by atoms with Gasteiger partial charge in [-0.2, -0.15) is 0 Å². The minimum atomic E-state index is -0.977. The highest BCUT2D eigenvalue weighted by atomic mass is 16.4. The molecule has 0 aliphatic carbocycles. The van der Waals surface area contributed by atoms with E-state index in [1.807, 2.05) is 4.57 Å². The summed E-state index contributed by atoms with van der Waals surface area (Å²) in [5.74, 6) is -0.309. The fraction of sp³-hybridized carbons (Fsp3) is 0.250. The lowest BCUT2D eigenvalue weighted by Gasteiger charge is -2.14. The summed E-state index contributed by atoms with van der Waals surface area (Å²) >= 11 is 0. The van der Waals surface area contributed by atoms with Gasteiger partial charge in [0.15, 0.2) is 0 Å². The number of carboxylic acids is 1. The second-order valence-electron chi connectivity index (χ2n) is 5.16. The molecule has 1 amide bonds. The maximum Gasteiger partial charge on any atom is 0.336 e. The molecule has 0 saturated carbocycles. The van der Waals surface area contributed by atoms with Crippen molar-refractivity contribution in [2.75, 3.05) is 0 Å². The number of hydrogen-bond donors (Lipinski definition) is 3. The quantitative estimate of drug-likeness (QED) is 0.724. The van der Waals surface area contributed by atoms with E-state index in [0.717, 1.165) is 6.42 Å². The number of hydrogen-bond acceptors (Lipinski definition) is 4. The highest BCUT2D eigenvalue weighted by Crippen LogP contribution is 2.23. The first-order valence-electron chi connectivity index (χ1n) is 7.28. The summed E-state index contributed by atoms with van der Waals surface area (Å²) in [6.45, 7) is 0.342. The predicted molar refractivity (Wildman–Crippen MR) is 84.5 cm³/mol. The van der Waals surface area contributed by atoms with Gasteiger partial charge in [-0.15, -0.1) is 0 Å². The Morgan fingerprint density at radius 1 is 1.42 bits per heavy atom. The number of amides is 1. The van der Waals surface area contributed by atoms with E-state index in [1.54, 1.807) is 36.7 Å². The van der Waals surface area contributed by atoms with Crippen LogP contribution in [0.15, 0.2) is 36.7 Å². The van der Waals surface area contributed by atoms with Gasteiger partial charge in [-0.1, -0.05) is 18.2 Å². The van der Waals surface area contributed by atoms with Crippen molar-refractivity contribution >= 4 is 18.3 Å². The minimum absolute atomic E-state index is 0.0626. The molecule has 0 spiro atoms. The van der Waals surface area contributed by atoms with Crippen molar-refractivity contribution in [2.45, 2.75) is 25.4 Å². The fourth-order valence-corrected chi connectivity index (χ4v) is 2.62. The minimum Gasteiger partial charge on any atom is -0.483 e. The molecule has 2 aromatic rings. The van der Waals surface area contributed by atoms with E-state index in [9.17, 15) is 14.7 Å².